The van der Waals surface area contributed by atoms with Gasteiger partial charge in [-0.05, 0) is 17.7 Å². The number of phenols is 1. The third-order valence-corrected chi connectivity index (χ3v) is 2.95. The normalized spacial score (nSPS) is 16.1. The molecule has 2 amide bonds. The number of benzene rings is 1. The highest BCUT2D eigenvalue weighted by Crippen LogP contribution is 2.22. The van der Waals surface area contributed by atoms with Gasteiger partial charge in [0.05, 0.1) is 12.3 Å². The van der Waals surface area contributed by atoms with Gasteiger partial charge in [-0.3, -0.25) is 14.5 Å². The molecular formula is C10H9NO3S. The third kappa shape index (κ3) is 2.12. The van der Waals surface area contributed by atoms with E-state index < -0.39 is 0 Å². The lowest BCUT2D eigenvalue weighted by atomic mass is 10.2. The highest BCUT2D eigenvalue weighted by atomic mass is 32.2. The summed E-state index contributed by atoms with van der Waals surface area (Å²) in [6, 6.07) is 6.54. The maximum Gasteiger partial charge on any atom is 0.289 e. The lowest BCUT2D eigenvalue weighted by molar-refractivity contribution is -0.125. The zero-order chi connectivity index (χ0) is 10.8. The Morgan fingerprint density at radius 3 is 2.80 bits per heavy atom. The van der Waals surface area contributed by atoms with Crippen molar-refractivity contribution in [2.45, 2.75) is 6.54 Å². The molecule has 0 saturated carbocycles. The van der Waals surface area contributed by atoms with Gasteiger partial charge >= 0.3 is 0 Å². The van der Waals surface area contributed by atoms with Crippen molar-refractivity contribution in [3.63, 3.8) is 0 Å². The SMILES string of the molecule is O=C1CSC(=O)N1Cc1cccc(O)c1. The van der Waals surface area contributed by atoms with Crippen LogP contribution in [0.25, 0.3) is 0 Å². The number of rotatable bonds is 2. The zero-order valence-corrected chi connectivity index (χ0v) is 8.66. The molecule has 4 nitrogen and oxygen atoms in total. The van der Waals surface area contributed by atoms with E-state index in [0.717, 1.165) is 17.3 Å². The van der Waals surface area contributed by atoms with Crippen molar-refractivity contribution in [1.82, 2.24) is 4.90 Å². The highest BCUT2D eigenvalue weighted by molar-refractivity contribution is 8.14. The fourth-order valence-electron chi connectivity index (χ4n) is 1.37. The van der Waals surface area contributed by atoms with Crippen LogP contribution in [0.2, 0.25) is 0 Å². The van der Waals surface area contributed by atoms with Crippen LogP contribution < -0.4 is 0 Å². The van der Waals surface area contributed by atoms with Gasteiger partial charge < -0.3 is 5.11 Å². The van der Waals surface area contributed by atoms with Crippen LogP contribution in [0.5, 0.6) is 5.75 Å². The third-order valence-electron chi connectivity index (χ3n) is 2.09. The van der Waals surface area contributed by atoms with Gasteiger partial charge in [0.15, 0.2) is 0 Å². The molecule has 1 N–H and O–H groups in total. The second-order valence-electron chi connectivity index (χ2n) is 3.20. The van der Waals surface area contributed by atoms with E-state index in [1.165, 1.54) is 4.90 Å². The van der Waals surface area contributed by atoms with Crippen molar-refractivity contribution in [3.8, 4) is 5.75 Å². The number of thioether (sulfide) groups is 1. The first kappa shape index (κ1) is 10.0. The fourth-order valence-corrected chi connectivity index (χ4v) is 2.10. The zero-order valence-electron chi connectivity index (χ0n) is 7.84. The van der Waals surface area contributed by atoms with Crippen molar-refractivity contribution in [2.24, 2.45) is 0 Å². The molecule has 15 heavy (non-hydrogen) atoms. The summed E-state index contributed by atoms with van der Waals surface area (Å²) in [6.45, 7) is 0.235. The quantitative estimate of drug-likeness (QED) is 0.827. The highest BCUT2D eigenvalue weighted by Gasteiger charge is 2.29. The largest absolute Gasteiger partial charge is 0.508 e. The first-order valence-corrected chi connectivity index (χ1v) is 5.40. The Morgan fingerprint density at radius 1 is 1.40 bits per heavy atom. The maximum absolute atomic E-state index is 11.3. The monoisotopic (exact) mass is 223 g/mol. The van der Waals surface area contributed by atoms with Gasteiger partial charge in [0.25, 0.3) is 5.24 Å². The van der Waals surface area contributed by atoms with E-state index in [4.69, 9.17) is 0 Å². The van der Waals surface area contributed by atoms with Crippen molar-refractivity contribution in [2.75, 3.05) is 5.75 Å². The van der Waals surface area contributed by atoms with Gasteiger partial charge in [0.2, 0.25) is 5.91 Å². The summed E-state index contributed by atoms with van der Waals surface area (Å²) < 4.78 is 0. The van der Waals surface area contributed by atoms with Crippen LogP contribution in [0.4, 0.5) is 4.79 Å². The van der Waals surface area contributed by atoms with Gasteiger partial charge in [0, 0.05) is 0 Å². The van der Waals surface area contributed by atoms with E-state index in [-0.39, 0.29) is 29.2 Å². The molecular weight excluding hydrogens is 214 g/mol. The van der Waals surface area contributed by atoms with E-state index in [1.807, 2.05) is 0 Å². The van der Waals surface area contributed by atoms with Crippen LogP contribution in [0.1, 0.15) is 5.56 Å². The molecule has 1 aromatic carbocycles. The predicted molar refractivity (Wildman–Crippen MR) is 56.5 cm³/mol. The molecule has 1 aliphatic heterocycles. The van der Waals surface area contributed by atoms with Gasteiger partial charge in [-0.15, -0.1) is 0 Å². The van der Waals surface area contributed by atoms with E-state index in [2.05, 4.69) is 0 Å². The second-order valence-corrected chi connectivity index (χ2v) is 4.13. The van der Waals surface area contributed by atoms with E-state index in [1.54, 1.807) is 24.3 Å². The number of hydrogen-bond donors (Lipinski definition) is 1. The molecule has 0 atom stereocenters. The molecule has 78 valence electrons. The molecule has 2 rings (SSSR count). The van der Waals surface area contributed by atoms with Crippen LogP contribution >= 0.6 is 11.8 Å². The molecule has 1 aromatic rings. The molecule has 0 aliphatic carbocycles. The summed E-state index contributed by atoms with van der Waals surface area (Å²) in [5, 5.41) is 9.01. The number of nitrogens with zero attached hydrogens (tertiary/aromatic N) is 1. The van der Waals surface area contributed by atoms with Crippen LogP contribution in [0.3, 0.4) is 0 Å². The minimum atomic E-state index is -0.219. The Morgan fingerprint density at radius 2 is 2.20 bits per heavy atom. The van der Waals surface area contributed by atoms with Crippen molar-refractivity contribution in [3.05, 3.63) is 29.8 Å². The molecule has 1 fully saturated rings. The maximum atomic E-state index is 11.3. The molecule has 1 saturated heterocycles. The Labute approximate surface area is 90.9 Å². The van der Waals surface area contributed by atoms with Crippen molar-refractivity contribution >= 4 is 22.9 Å². The van der Waals surface area contributed by atoms with E-state index in [0.29, 0.717) is 0 Å². The number of amides is 2. The standard InChI is InChI=1S/C10H9NO3S/c12-8-3-1-2-7(4-8)5-11-9(13)6-15-10(11)14/h1-4,12H,5-6H2. The minimum Gasteiger partial charge on any atom is -0.508 e. The van der Waals surface area contributed by atoms with Gasteiger partial charge in [-0.2, -0.15) is 0 Å². The molecule has 1 aliphatic rings. The Bertz CT molecular complexity index is 403. The fraction of sp³-hybridized carbons (Fsp3) is 0.200. The molecule has 5 heteroatoms. The number of hydrogen-bond acceptors (Lipinski definition) is 4. The lowest BCUT2D eigenvalue weighted by Gasteiger charge is -2.12. The van der Waals surface area contributed by atoms with Crippen molar-refractivity contribution in [1.29, 1.82) is 0 Å². The summed E-state index contributed by atoms with van der Waals surface area (Å²) in [6.07, 6.45) is 0. The van der Waals surface area contributed by atoms with Gasteiger partial charge in [0.1, 0.15) is 5.75 Å². The number of imide groups is 1. The number of carbonyl (C=O) groups is 2. The number of aromatic hydroxyl groups is 1. The summed E-state index contributed by atoms with van der Waals surface area (Å²) >= 11 is 1.01. The first-order valence-electron chi connectivity index (χ1n) is 4.42. The van der Waals surface area contributed by atoms with Crippen LogP contribution in [0.15, 0.2) is 24.3 Å². The van der Waals surface area contributed by atoms with Crippen LogP contribution in [-0.2, 0) is 11.3 Å². The van der Waals surface area contributed by atoms with Crippen molar-refractivity contribution < 1.29 is 14.7 Å². The van der Waals surface area contributed by atoms with Gasteiger partial charge in [-0.25, -0.2) is 0 Å². The molecule has 0 radical (unpaired) electrons. The summed E-state index contributed by atoms with van der Waals surface area (Å²) in [5.41, 5.74) is 0.749. The molecule has 0 bridgehead atoms. The van der Waals surface area contributed by atoms with Crippen LogP contribution in [-0.4, -0.2) is 26.9 Å². The Hall–Kier alpha value is -1.49. The predicted octanol–water partition coefficient (Wildman–Crippen LogP) is 1.59. The number of carbonyl (C=O) groups excluding carboxylic acids is 2. The summed E-state index contributed by atoms with van der Waals surface area (Å²) in [5.74, 6) is 0.185. The summed E-state index contributed by atoms with van der Waals surface area (Å²) in [4.78, 5) is 23.8. The van der Waals surface area contributed by atoms with Gasteiger partial charge in [-0.1, -0.05) is 23.9 Å². The second kappa shape index (κ2) is 3.94. The molecule has 0 spiro atoms. The Balaban J connectivity index is 2.15. The minimum absolute atomic E-state index is 0.138. The Kier molecular flexibility index (Phi) is 2.64. The summed E-state index contributed by atoms with van der Waals surface area (Å²) in [7, 11) is 0. The van der Waals surface area contributed by atoms with E-state index in [9.17, 15) is 14.7 Å². The molecule has 0 aromatic heterocycles. The topological polar surface area (TPSA) is 57.6 Å². The molecule has 1 heterocycles. The molecule has 0 unspecified atom stereocenters. The average Bonchev–Trinajstić information content (AvgIpc) is 2.50. The van der Waals surface area contributed by atoms with Crippen LogP contribution in [0, 0.1) is 0 Å². The lowest BCUT2D eigenvalue weighted by Crippen LogP contribution is -2.27. The first-order chi connectivity index (χ1) is 7.16. The smallest absolute Gasteiger partial charge is 0.289 e. The number of phenolic OH excluding ortho intramolecular Hbond substituents is 1. The van der Waals surface area contributed by atoms with E-state index >= 15 is 0 Å². The average molecular weight is 223 g/mol.